The van der Waals surface area contributed by atoms with Crippen LogP contribution in [0.2, 0.25) is 0 Å². The SMILES string of the molecule is O=C(NCCC(=O)N1CCN(c2ccccn2)CC1)Nc1cccc(N2CCCC2)c1. The van der Waals surface area contributed by atoms with Gasteiger partial charge in [0.15, 0.2) is 0 Å². The summed E-state index contributed by atoms with van der Waals surface area (Å²) in [4.78, 5) is 35.5. The van der Waals surface area contributed by atoms with E-state index in [1.807, 2.05) is 41.3 Å². The Bertz CT molecular complexity index is 877. The van der Waals surface area contributed by atoms with E-state index in [4.69, 9.17) is 0 Å². The summed E-state index contributed by atoms with van der Waals surface area (Å²) < 4.78 is 0. The molecule has 0 spiro atoms. The number of carbonyl (C=O) groups is 2. The third-order valence-corrected chi connectivity index (χ3v) is 5.81. The fourth-order valence-electron chi connectivity index (χ4n) is 4.10. The van der Waals surface area contributed by atoms with E-state index in [0.717, 1.165) is 43.4 Å². The van der Waals surface area contributed by atoms with E-state index in [-0.39, 0.29) is 11.9 Å². The lowest BCUT2D eigenvalue weighted by molar-refractivity contribution is -0.131. The molecule has 2 aliphatic rings. The number of hydrogen-bond donors (Lipinski definition) is 2. The molecule has 8 heteroatoms. The largest absolute Gasteiger partial charge is 0.371 e. The van der Waals surface area contributed by atoms with Crippen molar-refractivity contribution >= 4 is 29.1 Å². The van der Waals surface area contributed by atoms with Gasteiger partial charge in [-0.15, -0.1) is 0 Å². The molecule has 31 heavy (non-hydrogen) atoms. The van der Waals surface area contributed by atoms with Crippen LogP contribution in [0, 0.1) is 0 Å². The molecule has 4 rings (SSSR count). The average Bonchev–Trinajstić information content (AvgIpc) is 3.35. The quantitative estimate of drug-likeness (QED) is 0.748. The van der Waals surface area contributed by atoms with E-state index in [1.54, 1.807) is 6.20 Å². The zero-order valence-electron chi connectivity index (χ0n) is 17.8. The molecule has 1 aromatic heterocycles. The number of benzene rings is 1. The molecule has 2 fully saturated rings. The van der Waals surface area contributed by atoms with Crippen LogP contribution in [0.25, 0.3) is 0 Å². The van der Waals surface area contributed by atoms with Gasteiger partial charge in [0, 0.05) is 69.8 Å². The molecule has 0 radical (unpaired) electrons. The summed E-state index contributed by atoms with van der Waals surface area (Å²) in [5.41, 5.74) is 1.90. The van der Waals surface area contributed by atoms with Gasteiger partial charge in [-0.25, -0.2) is 9.78 Å². The molecule has 8 nitrogen and oxygen atoms in total. The van der Waals surface area contributed by atoms with Crippen LogP contribution in [0.4, 0.5) is 22.0 Å². The van der Waals surface area contributed by atoms with Crippen LogP contribution < -0.4 is 20.4 Å². The summed E-state index contributed by atoms with van der Waals surface area (Å²) in [7, 11) is 0. The van der Waals surface area contributed by atoms with Gasteiger partial charge in [0.05, 0.1) is 0 Å². The maximum atomic E-state index is 12.5. The van der Waals surface area contributed by atoms with Crippen molar-refractivity contribution in [2.45, 2.75) is 19.3 Å². The van der Waals surface area contributed by atoms with Gasteiger partial charge in [0.25, 0.3) is 0 Å². The molecule has 0 aliphatic carbocycles. The molecule has 2 aromatic rings. The Morgan fingerprint density at radius 3 is 2.45 bits per heavy atom. The minimum Gasteiger partial charge on any atom is -0.371 e. The first-order valence-corrected chi connectivity index (χ1v) is 11.0. The van der Waals surface area contributed by atoms with Gasteiger partial charge < -0.3 is 25.3 Å². The highest BCUT2D eigenvalue weighted by Gasteiger charge is 2.21. The van der Waals surface area contributed by atoms with E-state index >= 15 is 0 Å². The Morgan fingerprint density at radius 2 is 1.71 bits per heavy atom. The number of nitrogens with zero attached hydrogens (tertiary/aromatic N) is 4. The Morgan fingerprint density at radius 1 is 0.903 bits per heavy atom. The van der Waals surface area contributed by atoms with Gasteiger partial charge >= 0.3 is 6.03 Å². The van der Waals surface area contributed by atoms with Crippen molar-refractivity contribution in [3.63, 3.8) is 0 Å². The second-order valence-electron chi connectivity index (χ2n) is 7.93. The topological polar surface area (TPSA) is 80.8 Å². The van der Waals surface area contributed by atoms with Crippen LogP contribution >= 0.6 is 0 Å². The molecule has 0 atom stereocenters. The number of carbonyl (C=O) groups excluding carboxylic acids is 2. The summed E-state index contributed by atoms with van der Waals surface area (Å²) >= 11 is 0. The van der Waals surface area contributed by atoms with Gasteiger partial charge in [-0.05, 0) is 43.2 Å². The standard InChI is InChI=1S/C23H30N6O2/c30-22(29-16-14-28(15-17-29)21-8-1-2-10-24-21)9-11-25-23(31)26-19-6-5-7-20(18-19)27-12-3-4-13-27/h1-2,5-8,10,18H,3-4,9,11-17H2,(H2,25,26,31). The van der Waals surface area contributed by atoms with E-state index < -0.39 is 0 Å². The molecule has 1 aromatic carbocycles. The lowest BCUT2D eigenvalue weighted by atomic mass is 10.2. The van der Waals surface area contributed by atoms with Gasteiger partial charge in [-0.3, -0.25) is 4.79 Å². The summed E-state index contributed by atoms with van der Waals surface area (Å²) in [6.07, 6.45) is 4.51. The summed E-state index contributed by atoms with van der Waals surface area (Å²) in [5.74, 6) is 1.01. The fourth-order valence-corrected chi connectivity index (χ4v) is 4.10. The van der Waals surface area contributed by atoms with Gasteiger partial charge in [-0.1, -0.05) is 12.1 Å². The normalized spacial score (nSPS) is 16.3. The minimum atomic E-state index is -0.286. The van der Waals surface area contributed by atoms with Crippen molar-refractivity contribution in [3.05, 3.63) is 48.7 Å². The van der Waals surface area contributed by atoms with Crippen LogP contribution in [0.5, 0.6) is 0 Å². The summed E-state index contributed by atoms with van der Waals surface area (Å²) in [6, 6.07) is 13.5. The van der Waals surface area contributed by atoms with Crippen molar-refractivity contribution in [1.29, 1.82) is 0 Å². The lowest BCUT2D eigenvalue weighted by Gasteiger charge is -2.35. The third kappa shape index (κ3) is 5.65. The van der Waals surface area contributed by atoms with Crippen LogP contribution in [-0.4, -0.2) is 67.6 Å². The summed E-state index contributed by atoms with van der Waals surface area (Å²) in [6.45, 7) is 5.32. The van der Waals surface area contributed by atoms with Crippen LogP contribution in [0.15, 0.2) is 48.7 Å². The number of amides is 3. The van der Waals surface area contributed by atoms with Crippen LogP contribution in [0.1, 0.15) is 19.3 Å². The van der Waals surface area contributed by atoms with Crippen LogP contribution in [0.3, 0.4) is 0 Å². The van der Waals surface area contributed by atoms with Crippen molar-refractivity contribution in [2.24, 2.45) is 0 Å². The minimum absolute atomic E-state index is 0.0667. The second kappa shape index (κ2) is 10.1. The first-order valence-electron chi connectivity index (χ1n) is 11.0. The van der Waals surface area contributed by atoms with Crippen molar-refractivity contribution in [1.82, 2.24) is 15.2 Å². The number of hydrogen-bond acceptors (Lipinski definition) is 5. The number of aromatic nitrogens is 1. The highest BCUT2D eigenvalue weighted by Crippen LogP contribution is 2.23. The van der Waals surface area contributed by atoms with E-state index in [9.17, 15) is 9.59 Å². The molecule has 3 heterocycles. The monoisotopic (exact) mass is 422 g/mol. The number of pyridine rings is 1. The molecule has 2 N–H and O–H groups in total. The van der Waals surface area contributed by atoms with Crippen molar-refractivity contribution in [3.8, 4) is 0 Å². The molecule has 164 valence electrons. The number of rotatable bonds is 6. The van der Waals surface area contributed by atoms with Crippen molar-refractivity contribution < 1.29 is 9.59 Å². The molecule has 3 amide bonds. The smallest absolute Gasteiger partial charge is 0.319 e. The first-order chi connectivity index (χ1) is 15.2. The molecular formula is C23H30N6O2. The highest BCUT2D eigenvalue weighted by molar-refractivity contribution is 5.90. The van der Waals surface area contributed by atoms with E-state index in [1.165, 1.54) is 12.8 Å². The highest BCUT2D eigenvalue weighted by atomic mass is 16.2. The predicted molar refractivity (Wildman–Crippen MR) is 123 cm³/mol. The van der Waals surface area contributed by atoms with Crippen LogP contribution in [-0.2, 0) is 4.79 Å². The Labute approximate surface area is 183 Å². The maximum Gasteiger partial charge on any atom is 0.319 e. The lowest BCUT2D eigenvalue weighted by Crippen LogP contribution is -2.49. The van der Waals surface area contributed by atoms with Gasteiger partial charge in [0.1, 0.15) is 5.82 Å². The Balaban J connectivity index is 1.17. The summed E-state index contributed by atoms with van der Waals surface area (Å²) in [5, 5.41) is 5.66. The Kier molecular flexibility index (Phi) is 6.86. The number of nitrogens with one attached hydrogen (secondary N) is 2. The molecule has 0 unspecified atom stereocenters. The molecular weight excluding hydrogens is 392 g/mol. The number of anilines is 3. The van der Waals surface area contributed by atoms with E-state index in [0.29, 0.717) is 26.1 Å². The molecule has 0 saturated carbocycles. The van der Waals surface area contributed by atoms with Gasteiger partial charge in [-0.2, -0.15) is 0 Å². The van der Waals surface area contributed by atoms with Gasteiger partial charge in [0.2, 0.25) is 5.91 Å². The predicted octanol–water partition coefficient (Wildman–Crippen LogP) is 2.54. The zero-order valence-corrected chi connectivity index (χ0v) is 17.8. The number of urea groups is 1. The second-order valence-corrected chi connectivity index (χ2v) is 7.93. The van der Waals surface area contributed by atoms with E-state index in [2.05, 4.69) is 31.5 Å². The third-order valence-electron chi connectivity index (χ3n) is 5.81. The molecule has 0 bridgehead atoms. The average molecular weight is 423 g/mol. The first kappa shape index (κ1) is 21.0. The maximum absolute atomic E-state index is 12.5. The molecule has 2 saturated heterocycles. The van der Waals surface area contributed by atoms with Crippen molar-refractivity contribution in [2.75, 3.05) is 60.9 Å². The Hall–Kier alpha value is -3.29. The molecule has 2 aliphatic heterocycles. The number of piperazine rings is 1. The fraction of sp³-hybridized carbons (Fsp3) is 0.435. The zero-order chi connectivity index (χ0) is 21.5.